The molecule has 174 valence electrons. The number of aromatic nitrogens is 1. The van der Waals surface area contributed by atoms with E-state index in [9.17, 15) is 19.5 Å². The number of benzene rings is 2. The maximum absolute atomic E-state index is 12.4. The van der Waals surface area contributed by atoms with Gasteiger partial charge in [-0.25, -0.2) is 14.6 Å². The molecule has 34 heavy (non-hydrogen) atoms. The summed E-state index contributed by atoms with van der Waals surface area (Å²) in [6, 6.07) is 18.1. The summed E-state index contributed by atoms with van der Waals surface area (Å²) in [6.45, 7) is 2.02. The van der Waals surface area contributed by atoms with E-state index in [-0.39, 0.29) is 18.2 Å². The van der Waals surface area contributed by atoms with Crippen molar-refractivity contribution in [1.82, 2.24) is 10.3 Å². The second-order valence-electron chi connectivity index (χ2n) is 8.04. The summed E-state index contributed by atoms with van der Waals surface area (Å²) in [7, 11) is 0. The Balaban J connectivity index is 1.35. The number of hydrogen-bond donors (Lipinski definition) is 3. The van der Waals surface area contributed by atoms with Gasteiger partial charge in [-0.2, -0.15) is 0 Å². The maximum atomic E-state index is 12.4. The van der Waals surface area contributed by atoms with E-state index in [1.165, 1.54) is 18.3 Å². The molecule has 2 aromatic carbocycles. The Morgan fingerprint density at radius 1 is 1.00 bits per heavy atom. The van der Waals surface area contributed by atoms with Crippen LogP contribution in [-0.2, 0) is 9.53 Å². The lowest BCUT2D eigenvalue weighted by Gasteiger charge is -2.15. The van der Waals surface area contributed by atoms with Crippen LogP contribution < -0.4 is 10.6 Å². The van der Waals surface area contributed by atoms with Crippen LogP contribution in [0, 0.1) is 0 Å². The lowest BCUT2D eigenvalue weighted by atomic mass is 9.98. The van der Waals surface area contributed by atoms with Crippen molar-refractivity contribution >= 4 is 23.7 Å². The van der Waals surface area contributed by atoms with E-state index in [1.807, 2.05) is 43.3 Å². The van der Waals surface area contributed by atoms with E-state index in [1.54, 1.807) is 0 Å². The summed E-state index contributed by atoms with van der Waals surface area (Å²) >= 11 is 0. The van der Waals surface area contributed by atoms with Gasteiger partial charge in [0.15, 0.2) is 0 Å². The number of nitrogens with zero attached hydrogens (tertiary/aromatic N) is 1. The normalized spacial score (nSPS) is 12.9. The van der Waals surface area contributed by atoms with Crippen LogP contribution in [0.3, 0.4) is 0 Å². The Labute approximate surface area is 197 Å². The molecule has 0 spiro atoms. The molecule has 1 atom stereocenters. The fourth-order valence-electron chi connectivity index (χ4n) is 4.13. The second kappa shape index (κ2) is 10.2. The van der Waals surface area contributed by atoms with Crippen LogP contribution in [0.5, 0.6) is 0 Å². The van der Waals surface area contributed by atoms with Crippen molar-refractivity contribution in [2.24, 2.45) is 0 Å². The van der Waals surface area contributed by atoms with Gasteiger partial charge in [0.1, 0.15) is 18.3 Å². The van der Waals surface area contributed by atoms with Crippen molar-refractivity contribution in [2.45, 2.75) is 31.7 Å². The van der Waals surface area contributed by atoms with Gasteiger partial charge in [-0.1, -0.05) is 61.9 Å². The van der Waals surface area contributed by atoms with Gasteiger partial charge in [-0.05, 0) is 40.8 Å². The number of carbonyl (C=O) groups excluding carboxylic acids is 2. The second-order valence-corrected chi connectivity index (χ2v) is 8.04. The number of carbonyl (C=O) groups is 3. The third kappa shape index (κ3) is 4.91. The maximum Gasteiger partial charge on any atom is 0.411 e. The molecule has 0 unspecified atom stereocenters. The largest absolute Gasteiger partial charge is 0.480 e. The zero-order chi connectivity index (χ0) is 24.1. The molecule has 4 rings (SSSR count). The minimum Gasteiger partial charge on any atom is -0.480 e. The van der Waals surface area contributed by atoms with E-state index < -0.39 is 24.0 Å². The number of amides is 2. The highest BCUT2D eigenvalue weighted by Gasteiger charge is 2.29. The zero-order valence-corrected chi connectivity index (χ0v) is 18.7. The van der Waals surface area contributed by atoms with Crippen LogP contribution in [-0.4, -0.2) is 40.7 Å². The van der Waals surface area contributed by atoms with Crippen LogP contribution in [0.2, 0.25) is 0 Å². The molecule has 1 heterocycles. The first-order valence-electron chi connectivity index (χ1n) is 11.1. The quantitative estimate of drug-likeness (QED) is 0.459. The number of fused-ring (bicyclic) bond motifs is 3. The van der Waals surface area contributed by atoms with E-state index >= 15 is 0 Å². The number of aliphatic carboxylic acids is 1. The number of anilines is 1. The van der Waals surface area contributed by atoms with Crippen LogP contribution in [0.15, 0.2) is 66.9 Å². The monoisotopic (exact) mass is 459 g/mol. The average molecular weight is 460 g/mol. The lowest BCUT2D eigenvalue weighted by Crippen LogP contribution is -2.40. The summed E-state index contributed by atoms with van der Waals surface area (Å²) < 4.78 is 5.50. The molecule has 1 aromatic heterocycles. The van der Waals surface area contributed by atoms with Gasteiger partial charge in [0, 0.05) is 5.92 Å². The van der Waals surface area contributed by atoms with E-state index in [4.69, 9.17) is 4.74 Å². The molecule has 0 aliphatic heterocycles. The molecule has 3 aromatic rings. The number of ether oxygens (including phenoxy) is 1. The third-order valence-electron chi connectivity index (χ3n) is 5.77. The zero-order valence-electron chi connectivity index (χ0n) is 18.7. The number of nitrogens with one attached hydrogen (secondary N) is 2. The molecule has 3 N–H and O–H groups in total. The summed E-state index contributed by atoms with van der Waals surface area (Å²) in [5.74, 6) is -1.73. The Kier molecular flexibility index (Phi) is 6.87. The Morgan fingerprint density at radius 3 is 2.21 bits per heavy atom. The smallest absolute Gasteiger partial charge is 0.411 e. The van der Waals surface area contributed by atoms with Crippen LogP contribution in [0.25, 0.3) is 11.1 Å². The highest BCUT2D eigenvalue weighted by Crippen LogP contribution is 2.44. The summed E-state index contributed by atoms with van der Waals surface area (Å²) in [5, 5.41) is 14.2. The molecule has 2 amide bonds. The van der Waals surface area contributed by atoms with Crippen molar-refractivity contribution in [1.29, 1.82) is 0 Å². The van der Waals surface area contributed by atoms with E-state index in [0.717, 1.165) is 22.3 Å². The molecule has 8 heteroatoms. The van der Waals surface area contributed by atoms with Gasteiger partial charge in [-0.3, -0.25) is 10.1 Å². The number of carboxylic acids is 1. The number of carboxylic acid groups (broad SMARTS) is 1. The van der Waals surface area contributed by atoms with Crippen molar-refractivity contribution in [2.75, 3.05) is 11.9 Å². The molecular formula is C26H25N3O5. The Hall–Kier alpha value is -4.20. The summed E-state index contributed by atoms with van der Waals surface area (Å²) in [4.78, 5) is 39.9. The first-order valence-corrected chi connectivity index (χ1v) is 11.1. The van der Waals surface area contributed by atoms with Crippen LogP contribution >= 0.6 is 0 Å². The molecule has 0 saturated heterocycles. The molecule has 8 nitrogen and oxygen atoms in total. The minimum absolute atomic E-state index is 0.0485. The predicted octanol–water partition coefficient (Wildman–Crippen LogP) is 4.43. The predicted molar refractivity (Wildman–Crippen MR) is 127 cm³/mol. The topological polar surface area (TPSA) is 118 Å². The van der Waals surface area contributed by atoms with E-state index in [0.29, 0.717) is 18.5 Å². The lowest BCUT2D eigenvalue weighted by molar-refractivity contribution is -0.139. The molecule has 0 fully saturated rings. The van der Waals surface area contributed by atoms with Crippen LogP contribution in [0.4, 0.5) is 10.5 Å². The van der Waals surface area contributed by atoms with Gasteiger partial charge >= 0.3 is 12.1 Å². The number of rotatable bonds is 8. The third-order valence-corrected chi connectivity index (χ3v) is 5.77. The first kappa shape index (κ1) is 23.0. The van der Waals surface area contributed by atoms with Gasteiger partial charge in [0.2, 0.25) is 0 Å². The average Bonchev–Trinajstić information content (AvgIpc) is 3.16. The fourth-order valence-corrected chi connectivity index (χ4v) is 4.13. The van der Waals surface area contributed by atoms with Crippen molar-refractivity contribution in [3.63, 3.8) is 0 Å². The summed E-state index contributed by atoms with van der Waals surface area (Å²) in [6.07, 6.45) is 1.64. The molecule has 0 radical (unpaired) electrons. The van der Waals surface area contributed by atoms with Crippen molar-refractivity contribution in [3.8, 4) is 11.1 Å². The molecular weight excluding hydrogens is 434 g/mol. The number of pyridine rings is 1. The molecule has 0 bridgehead atoms. The molecule has 1 aliphatic carbocycles. The Bertz CT molecular complexity index is 1160. The van der Waals surface area contributed by atoms with Crippen LogP contribution in [0.1, 0.15) is 47.3 Å². The van der Waals surface area contributed by atoms with Gasteiger partial charge in [0.05, 0.1) is 11.9 Å². The fraction of sp³-hybridized carbons (Fsp3) is 0.231. The highest BCUT2D eigenvalue weighted by atomic mass is 16.5. The van der Waals surface area contributed by atoms with Crippen molar-refractivity contribution in [3.05, 3.63) is 83.7 Å². The highest BCUT2D eigenvalue weighted by molar-refractivity contribution is 5.95. The SMILES string of the molecule is CCC[C@@H](NC(=O)c1ccc(NC(=O)OCC2c3ccccc3-c3ccccc32)cn1)C(=O)O. The van der Waals surface area contributed by atoms with Crippen molar-refractivity contribution < 1.29 is 24.2 Å². The van der Waals surface area contributed by atoms with Gasteiger partial charge in [0.25, 0.3) is 5.91 Å². The number of hydrogen-bond acceptors (Lipinski definition) is 5. The first-order chi connectivity index (χ1) is 16.5. The summed E-state index contributed by atoms with van der Waals surface area (Å²) in [5.41, 5.74) is 4.95. The minimum atomic E-state index is -1.09. The molecule has 1 aliphatic rings. The van der Waals surface area contributed by atoms with Gasteiger partial charge in [-0.15, -0.1) is 0 Å². The van der Waals surface area contributed by atoms with Gasteiger partial charge < -0.3 is 15.2 Å². The van der Waals surface area contributed by atoms with E-state index in [2.05, 4.69) is 27.8 Å². The standard InChI is InChI=1S/C26H25N3O5/c1-2-7-23(25(31)32)29-24(30)22-13-12-16(14-27-22)28-26(33)34-15-21-19-10-5-3-8-17(19)18-9-4-6-11-20(18)21/h3-6,8-14,21,23H,2,7,15H2,1H3,(H,28,33)(H,29,30)(H,31,32)/t23-/m1/s1. The molecule has 0 saturated carbocycles. The Morgan fingerprint density at radius 2 is 1.65 bits per heavy atom.